The monoisotopic (exact) mass is 492 g/mol. The molecule has 8 heteroatoms. The summed E-state index contributed by atoms with van der Waals surface area (Å²) in [5, 5.41) is 4.75. The van der Waals surface area contributed by atoms with Crippen LogP contribution in [0.15, 0.2) is 76.6 Å². The summed E-state index contributed by atoms with van der Waals surface area (Å²) < 4.78 is 5.49. The number of nitrogens with one attached hydrogen (secondary N) is 1. The minimum atomic E-state index is -0.305. The average molecular weight is 493 g/mol. The molecular weight excluding hydrogens is 464 g/mol. The van der Waals surface area contributed by atoms with Crippen molar-refractivity contribution in [3.05, 3.63) is 117 Å². The fourth-order valence-corrected chi connectivity index (χ4v) is 4.77. The van der Waals surface area contributed by atoms with Gasteiger partial charge in [0.1, 0.15) is 5.82 Å². The highest BCUT2D eigenvalue weighted by molar-refractivity contribution is 5.95. The van der Waals surface area contributed by atoms with Crippen molar-refractivity contribution in [3.8, 4) is 5.69 Å². The van der Waals surface area contributed by atoms with Gasteiger partial charge in [0, 0.05) is 39.6 Å². The molecule has 0 bridgehead atoms. The first-order chi connectivity index (χ1) is 17.8. The number of hydrogen-bond donors (Lipinski definition) is 1. The third-order valence-corrected chi connectivity index (χ3v) is 6.56. The lowest BCUT2D eigenvalue weighted by atomic mass is 10.2. The van der Waals surface area contributed by atoms with Gasteiger partial charge in [-0.3, -0.25) is 14.3 Å². The van der Waals surface area contributed by atoms with Crippen molar-refractivity contribution in [1.29, 1.82) is 0 Å². The van der Waals surface area contributed by atoms with E-state index in [1.807, 2.05) is 93.9 Å². The van der Waals surface area contributed by atoms with Crippen LogP contribution in [0.2, 0.25) is 0 Å². The minimum absolute atomic E-state index is 0.144. The van der Waals surface area contributed by atoms with Crippen LogP contribution >= 0.6 is 0 Å². The molecule has 5 rings (SSSR count). The highest BCUT2D eigenvalue weighted by atomic mass is 16.2. The van der Waals surface area contributed by atoms with E-state index in [9.17, 15) is 9.59 Å². The number of aryl methyl sites for hydroxylation is 4. The van der Waals surface area contributed by atoms with Crippen molar-refractivity contribution < 1.29 is 4.79 Å². The molecule has 186 valence electrons. The average Bonchev–Trinajstić information content (AvgIpc) is 3.36. The molecule has 0 spiro atoms. The molecule has 3 aromatic heterocycles. The van der Waals surface area contributed by atoms with Crippen LogP contribution in [0.4, 0.5) is 0 Å². The maximum atomic E-state index is 13.3. The lowest BCUT2D eigenvalue weighted by Gasteiger charge is -2.16. The zero-order chi connectivity index (χ0) is 26.3. The normalized spacial score (nSPS) is 11.5. The summed E-state index contributed by atoms with van der Waals surface area (Å²) in [5.41, 5.74) is 9.20. The smallest absolute Gasteiger partial charge is 0.280 e. The third kappa shape index (κ3) is 4.27. The number of hydrazone groups is 1. The Balaban J connectivity index is 1.41. The topological polar surface area (TPSA) is 86.2 Å². The molecule has 0 unspecified atom stereocenters. The number of nitrogens with zero attached hydrogens (tertiary/aromatic N) is 5. The summed E-state index contributed by atoms with van der Waals surface area (Å²) in [6, 6.07) is 20.8. The van der Waals surface area contributed by atoms with Crippen LogP contribution in [-0.4, -0.2) is 31.0 Å². The number of carbonyl (C=O) groups excluding carboxylic acids is 1. The second-order valence-corrected chi connectivity index (χ2v) is 9.13. The van der Waals surface area contributed by atoms with Gasteiger partial charge in [0.05, 0.1) is 17.1 Å². The summed E-state index contributed by atoms with van der Waals surface area (Å²) in [4.78, 5) is 30.7. The molecule has 0 atom stereocenters. The second kappa shape index (κ2) is 9.39. The number of rotatable bonds is 5. The molecule has 8 nitrogen and oxygen atoms in total. The Morgan fingerprint density at radius 3 is 2.35 bits per heavy atom. The van der Waals surface area contributed by atoms with Crippen molar-refractivity contribution in [3.63, 3.8) is 0 Å². The van der Waals surface area contributed by atoms with Gasteiger partial charge < -0.3 is 4.57 Å². The molecule has 0 aliphatic heterocycles. The van der Waals surface area contributed by atoms with Crippen molar-refractivity contribution >= 4 is 23.0 Å². The number of fused-ring (bicyclic) bond motifs is 1. The summed E-state index contributed by atoms with van der Waals surface area (Å²) in [6.45, 7) is 9.70. The Bertz CT molecular complexity index is 1730. The van der Waals surface area contributed by atoms with Crippen LogP contribution in [0.3, 0.4) is 0 Å². The van der Waals surface area contributed by atoms with E-state index in [0.717, 1.165) is 34.0 Å². The molecule has 0 aliphatic carbocycles. The van der Waals surface area contributed by atoms with Crippen molar-refractivity contribution in [2.45, 2.75) is 34.6 Å². The molecule has 2 aromatic carbocycles. The van der Waals surface area contributed by atoms with Crippen LogP contribution in [0.5, 0.6) is 0 Å². The lowest BCUT2D eigenvalue weighted by molar-refractivity contribution is 0.0955. The van der Waals surface area contributed by atoms with Crippen molar-refractivity contribution in [1.82, 2.24) is 24.3 Å². The van der Waals surface area contributed by atoms with Crippen LogP contribution in [0.1, 0.15) is 44.5 Å². The fraction of sp³-hybridized carbons (Fsp3) is 0.172. The zero-order valence-corrected chi connectivity index (χ0v) is 21.5. The van der Waals surface area contributed by atoms with Gasteiger partial charge in [0.25, 0.3) is 11.5 Å². The van der Waals surface area contributed by atoms with Gasteiger partial charge in [-0.05, 0) is 83.1 Å². The van der Waals surface area contributed by atoms with E-state index in [4.69, 9.17) is 0 Å². The molecule has 0 aliphatic rings. The van der Waals surface area contributed by atoms with E-state index >= 15 is 0 Å². The Labute approximate surface area is 214 Å². The van der Waals surface area contributed by atoms with Crippen molar-refractivity contribution in [2.75, 3.05) is 0 Å². The highest BCUT2D eigenvalue weighted by Crippen LogP contribution is 2.18. The first kappa shape index (κ1) is 24.0. The Kier molecular flexibility index (Phi) is 6.09. The predicted octanol–water partition coefficient (Wildman–Crippen LogP) is 4.61. The van der Waals surface area contributed by atoms with Gasteiger partial charge in [-0.2, -0.15) is 9.78 Å². The van der Waals surface area contributed by atoms with Crippen LogP contribution in [0, 0.1) is 34.6 Å². The summed E-state index contributed by atoms with van der Waals surface area (Å²) in [6.07, 6.45) is 1.59. The van der Waals surface area contributed by atoms with E-state index in [1.54, 1.807) is 23.0 Å². The van der Waals surface area contributed by atoms with E-state index in [1.165, 1.54) is 0 Å². The Morgan fingerprint density at radius 1 is 0.865 bits per heavy atom. The lowest BCUT2D eigenvalue weighted by Crippen LogP contribution is -2.30. The largest absolute Gasteiger partial charge is 0.318 e. The van der Waals surface area contributed by atoms with Gasteiger partial charge in [-0.1, -0.05) is 18.2 Å². The van der Waals surface area contributed by atoms with E-state index in [0.29, 0.717) is 22.3 Å². The number of benzene rings is 2. The SMILES string of the molecule is Cc1ccc(C)n1-c1cccc(C(=O)NN=Cc2cc(C)n(-n3c(C)nc4ccccc4c3=O)c2C)c1. The van der Waals surface area contributed by atoms with Gasteiger partial charge in [-0.25, -0.2) is 10.4 Å². The Morgan fingerprint density at radius 2 is 1.59 bits per heavy atom. The molecule has 5 aromatic rings. The zero-order valence-electron chi connectivity index (χ0n) is 21.5. The van der Waals surface area contributed by atoms with Gasteiger partial charge in [0.15, 0.2) is 0 Å². The standard InChI is InChI=1S/C29H28N6O2/c1-18-13-14-19(2)33(18)25-10-8-9-23(16-25)28(36)32-30-17-24-15-20(3)34(21(24)4)35-22(5)31-27-12-7-6-11-26(27)29(35)37/h6-17H,1-5H3,(H,32,36). The molecule has 0 fully saturated rings. The highest BCUT2D eigenvalue weighted by Gasteiger charge is 2.15. The van der Waals surface area contributed by atoms with Crippen LogP contribution in [-0.2, 0) is 0 Å². The molecular formula is C29H28N6O2. The molecule has 0 saturated heterocycles. The van der Waals surface area contributed by atoms with Gasteiger partial charge in [0.2, 0.25) is 0 Å². The molecule has 1 N–H and O–H groups in total. The maximum Gasteiger partial charge on any atom is 0.280 e. The van der Waals surface area contributed by atoms with E-state index in [-0.39, 0.29) is 11.5 Å². The number of amides is 1. The summed E-state index contributed by atoms with van der Waals surface area (Å²) in [5.74, 6) is 0.274. The second-order valence-electron chi connectivity index (χ2n) is 9.13. The fourth-order valence-electron chi connectivity index (χ4n) is 4.77. The number of hydrogen-bond acceptors (Lipinski definition) is 4. The number of carbonyl (C=O) groups is 1. The Hall–Kier alpha value is -4.72. The van der Waals surface area contributed by atoms with E-state index in [2.05, 4.69) is 20.1 Å². The molecule has 37 heavy (non-hydrogen) atoms. The molecule has 0 radical (unpaired) electrons. The quantitative estimate of drug-likeness (QED) is 0.287. The van der Waals surface area contributed by atoms with Crippen molar-refractivity contribution in [2.24, 2.45) is 5.10 Å². The maximum absolute atomic E-state index is 13.3. The summed E-state index contributed by atoms with van der Waals surface area (Å²) in [7, 11) is 0. The molecule has 0 saturated carbocycles. The van der Waals surface area contributed by atoms with Crippen LogP contribution < -0.4 is 11.0 Å². The van der Waals surface area contributed by atoms with Gasteiger partial charge >= 0.3 is 0 Å². The number of para-hydroxylation sites is 1. The first-order valence-electron chi connectivity index (χ1n) is 12.0. The number of aromatic nitrogens is 4. The first-order valence-corrected chi connectivity index (χ1v) is 12.0. The van der Waals surface area contributed by atoms with Gasteiger partial charge in [-0.15, -0.1) is 0 Å². The molecule has 1 amide bonds. The minimum Gasteiger partial charge on any atom is -0.318 e. The van der Waals surface area contributed by atoms with E-state index < -0.39 is 0 Å². The van der Waals surface area contributed by atoms with Crippen LogP contribution in [0.25, 0.3) is 16.6 Å². The predicted molar refractivity (Wildman–Crippen MR) is 146 cm³/mol. The summed E-state index contributed by atoms with van der Waals surface area (Å²) >= 11 is 0. The third-order valence-electron chi connectivity index (χ3n) is 6.56. The molecule has 3 heterocycles.